The van der Waals surface area contributed by atoms with Gasteiger partial charge in [0.25, 0.3) is 0 Å². The zero-order valence-electron chi connectivity index (χ0n) is 7.75. The van der Waals surface area contributed by atoms with E-state index in [1.54, 1.807) is 11.3 Å². The van der Waals surface area contributed by atoms with Gasteiger partial charge in [0.2, 0.25) is 0 Å². The molecule has 0 atom stereocenters. The molecule has 2 rings (SSSR count). The Morgan fingerprint density at radius 3 is 2.77 bits per heavy atom. The van der Waals surface area contributed by atoms with Gasteiger partial charge in [0, 0.05) is 24.3 Å². The molecule has 0 saturated carbocycles. The summed E-state index contributed by atoms with van der Waals surface area (Å²) in [5, 5.41) is 1.06. The van der Waals surface area contributed by atoms with Crippen molar-refractivity contribution in [1.29, 1.82) is 0 Å². The number of rotatable bonds is 1. The summed E-state index contributed by atoms with van der Waals surface area (Å²) in [6.45, 7) is 3.58. The molecule has 0 aliphatic carbocycles. The summed E-state index contributed by atoms with van der Waals surface area (Å²) in [5.41, 5.74) is 6.04. The van der Waals surface area contributed by atoms with Gasteiger partial charge in [0.1, 0.15) is 5.01 Å². The first kappa shape index (κ1) is 9.12. The van der Waals surface area contributed by atoms with E-state index in [0.717, 1.165) is 31.1 Å². The predicted octanol–water partition coefficient (Wildman–Crippen LogP) is 1.42. The first-order valence-electron chi connectivity index (χ1n) is 4.50. The first-order valence-corrected chi connectivity index (χ1v) is 5.32. The van der Waals surface area contributed by atoms with Gasteiger partial charge in [-0.05, 0) is 19.8 Å². The Bertz CT molecular complexity index is 292. The zero-order valence-corrected chi connectivity index (χ0v) is 8.56. The largest absolute Gasteiger partial charge is 0.381 e. The summed E-state index contributed by atoms with van der Waals surface area (Å²) in [6.07, 6.45) is 3.67. The predicted molar refractivity (Wildman–Crippen MR) is 52.8 cm³/mol. The second-order valence-electron chi connectivity index (χ2n) is 3.54. The molecule has 1 aliphatic heterocycles. The molecule has 1 saturated heterocycles. The molecular weight excluding hydrogens is 184 g/mol. The van der Waals surface area contributed by atoms with E-state index in [1.165, 1.54) is 4.88 Å². The van der Waals surface area contributed by atoms with Gasteiger partial charge in [-0.25, -0.2) is 4.98 Å². The van der Waals surface area contributed by atoms with Crippen LogP contribution in [0.5, 0.6) is 0 Å². The number of nitrogens with two attached hydrogens (primary N) is 1. The topological polar surface area (TPSA) is 48.1 Å². The average Bonchev–Trinajstić information content (AvgIpc) is 2.54. The Hall–Kier alpha value is -0.450. The Morgan fingerprint density at radius 1 is 1.54 bits per heavy atom. The van der Waals surface area contributed by atoms with Gasteiger partial charge in [-0.2, -0.15) is 0 Å². The normalized spacial score (nSPS) is 21.7. The van der Waals surface area contributed by atoms with Crippen molar-refractivity contribution >= 4 is 11.3 Å². The molecule has 13 heavy (non-hydrogen) atoms. The Labute approximate surface area is 81.9 Å². The number of nitrogens with zero attached hydrogens (tertiary/aromatic N) is 1. The molecule has 2 heterocycles. The summed E-state index contributed by atoms with van der Waals surface area (Å²) in [6, 6.07) is 0. The third-order valence-electron chi connectivity index (χ3n) is 2.43. The minimum absolute atomic E-state index is 0.225. The van der Waals surface area contributed by atoms with Crippen LogP contribution in [-0.2, 0) is 10.3 Å². The van der Waals surface area contributed by atoms with Gasteiger partial charge in [-0.1, -0.05) is 0 Å². The second-order valence-corrected chi connectivity index (χ2v) is 4.78. The zero-order chi connectivity index (χ0) is 9.31. The molecular formula is C9H14N2OS. The van der Waals surface area contributed by atoms with Crippen LogP contribution in [0.1, 0.15) is 22.7 Å². The van der Waals surface area contributed by atoms with E-state index < -0.39 is 0 Å². The Balaban J connectivity index is 2.22. The fraction of sp³-hybridized carbons (Fsp3) is 0.667. The minimum atomic E-state index is -0.225. The van der Waals surface area contributed by atoms with Crippen LogP contribution in [0.25, 0.3) is 0 Å². The van der Waals surface area contributed by atoms with Crippen LogP contribution in [-0.4, -0.2) is 18.2 Å². The lowest BCUT2D eigenvalue weighted by atomic mass is 9.92. The van der Waals surface area contributed by atoms with E-state index in [2.05, 4.69) is 11.9 Å². The van der Waals surface area contributed by atoms with Crippen LogP contribution in [0, 0.1) is 6.92 Å². The molecule has 1 fully saturated rings. The average molecular weight is 198 g/mol. The summed E-state index contributed by atoms with van der Waals surface area (Å²) < 4.78 is 5.29. The van der Waals surface area contributed by atoms with Crippen molar-refractivity contribution in [1.82, 2.24) is 4.98 Å². The molecule has 0 spiro atoms. The molecule has 72 valence electrons. The molecule has 3 nitrogen and oxygen atoms in total. The fourth-order valence-corrected chi connectivity index (χ4v) is 2.46. The number of aromatic nitrogens is 1. The number of hydrogen-bond donors (Lipinski definition) is 1. The monoisotopic (exact) mass is 198 g/mol. The van der Waals surface area contributed by atoms with Crippen LogP contribution in [0.3, 0.4) is 0 Å². The molecule has 4 heteroatoms. The maximum Gasteiger partial charge on any atom is 0.113 e. The van der Waals surface area contributed by atoms with E-state index in [-0.39, 0.29) is 5.54 Å². The summed E-state index contributed by atoms with van der Waals surface area (Å²) in [7, 11) is 0. The maximum absolute atomic E-state index is 6.26. The lowest BCUT2D eigenvalue weighted by molar-refractivity contribution is 0.0521. The molecule has 0 amide bonds. The van der Waals surface area contributed by atoms with Crippen molar-refractivity contribution in [3.05, 3.63) is 16.1 Å². The minimum Gasteiger partial charge on any atom is -0.381 e. The highest BCUT2D eigenvalue weighted by Gasteiger charge is 2.32. The van der Waals surface area contributed by atoms with Crippen molar-refractivity contribution in [3.8, 4) is 0 Å². The van der Waals surface area contributed by atoms with Crippen LogP contribution in [0.2, 0.25) is 0 Å². The quantitative estimate of drug-likeness (QED) is 0.742. The SMILES string of the molecule is Cc1cnc(C2(N)CCOCC2)s1. The Kier molecular flexibility index (Phi) is 2.36. The lowest BCUT2D eigenvalue weighted by Gasteiger charge is -2.31. The van der Waals surface area contributed by atoms with Gasteiger partial charge >= 0.3 is 0 Å². The van der Waals surface area contributed by atoms with E-state index in [0.29, 0.717) is 0 Å². The van der Waals surface area contributed by atoms with Gasteiger partial charge in [0.05, 0.1) is 5.54 Å². The number of ether oxygens (including phenoxy) is 1. The Morgan fingerprint density at radius 2 is 2.23 bits per heavy atom. The van der Waals surface area contributed by atoms with Crippen molar-refractivity contribution < 1.29 is 4.74 Å². The highest BCUT2D eigenvalue weighted by Crippen LogP contribution is 2.31. The third-order valence-corrected chi connectivity index (χ3v) is 3.56. The van der Waals surface area contributed by atoms with Crippen molar-refractivity contribution in [2.75, 3.05) is 13.2 Å². The van der Waals surface area contributed by atoms with Crippen LogP contribution < -0.4 is 5.73 Å². The lowest BCUT2D eigenvalue weighted by Crippen LogP contribution is -2.42. The molecule has 1 aromatic heterocycles. The molecule has 1 aliphatic rings. The van der Waals surface area contributed by atoms with E-state index in [1.807, 2.05) is 6.20 Å². The molecule has 0 radical (unpaired) electrons. The van der Waals surface area contributed by atoms with E-state index in [9.17, 15) is 0 Å². The van der Waals surface area contributed by atoms with Crippen molar-refractivity contribution in [2.45, 2.75) is 25.3 Å². The number of hydrogen-bond acceptors (Lipinski definition) is 4. The molecule has 1 aromatic rings. The first-order chi connectivity index (χ1) is 6.21. The van der Waals surface area contributed by atoms with E-state index >= 15 is 0 Å². The maximum atomic E-state index is 6.26. The molecule has 2 N–H and O–H groups in total. The molecule has 0 aromatic carbocycles. The van der Waals surface area contributed by atoms with Gasteiger partial charge in [-0.15, -0.1) is 11.3 Å². The number of aryl methyl sites for hydroxylation is 1. The smallest absolute Gasteiger partial charge is 0.113 e. The number of thiazole rings is 1. The highest BCUT2D eigenvalue weighted by molar-refractivity contribution is 7.11. The van der Waals surface area contributed by atoms with Gasteiger partial charge in [0.15, 0.2) is 0 Å². The van der Waals surface area contributed by atoms with Crippen LogP contribution in [0.15, 0.2) is 6.20 Å². The third kappa shape index (κ3) is 1.75. The fourth-order valence-electron chi connectivity index (χ4n) is 1.53. The van der Waals surface area contributed by atoms with Gasteiger partial charge in [-0.3, -0.25) is 0 Å². The summed E-state index contributed by atoms with van der Waals surface area (Å²) >= 11 is 1.70. The van der Waals surface area contributed by atoms with Crippen molar-refractivity contribution in [3.63, 3.8) is 0 Å². The summed E-state index contributed by atoms with van der Waals surface area (Å²) in [4.78, 5) is 5.58. The molecule has 0 unspecified atom stereocenters. The van der Waals surface area contributed by atoms with Crippen molar-refractivity contribution in [2.24, 2.45) is 5.73 Å². The summed E-state index contributed by atoms with van der Waals surface area (Å²) in [5.74, 6) is 0. The van der Waals surface area contributed by atoms with Gasteiger partial charge < -0.3 is 10.5 Å². The second kappa shape index (κ2) is 3.36. The van der Waals surface area contributed by atoms with E-state index in [4.69, 9.17) is 10.5 Å². The van der Waals surface area contributed by atoms with Crippen LogP contribution in [0.4, 0.5) is 0 Å². The van der Waals surface area contributed by atoms with Crippen LogP contribution >= 0.6 is 11.3 Å². The molecule has 0 bridgehead atoms. The highest BCUT2D eigenvalue weighted by atomic mass is 32.1. The standard InChI is InChI=1S/C9H14N2OS/c1-7-6-11-8(13-7)9(10)2-4-12-5-3-9/h6H,2-5,10H2,1H3.